The third-order valence-corrected chi connectivity index (χ3v) is 3.45. The largest absolute Gasteiger partial charge is 0.479 e. The van der Waals surface area contributed by atoms with Crippen LogP contribution in [0.3, 0.4) is 0 Å². The van der Waals surface area contributed by atoms with E-state index in [0.29, 0.717) is 10.8 Å². The molecule has 0 fully saturated rings. The van der Waals surface area contributed by atoms with Crippen molar-refractivity contribution in [3.63, 3.8) is 0 Å². The van der Waals surface area contributed by atoms with Gasteiger partial charge in [0.15, 0.2) is 11.7 Å². The van der Waals surface area contributed by atoms with Gasteiger partial charge in [0.1, 0.15) is 5.52 Å². The number of aliphatic hydroxyl groups is 1. The van der Waals surface area contributed by atoms with Gasteiger partial charge >= 0.3 is 5.97 Å². The number of carbonyl (C=O) groups is 2. The minimum atomic E-state index is -1.46. The zero-order valence-electron chi connectivity index (χ0n) is 11.0. The van der Waals surface area contributed by atoms with Gasteiger partial charge < -0.3 is 19.9 Å². The summed E-state index contributed by atoms with van der Waals surface area (Å²) < 4.78 is 5.45. The van der Waals surface area contributed by atoms with Crippen LogP contribution >= 0.6 is 11.8 Å². The second-order valence-corrected chi connectivity index (χ2v) is 5.16. The molecule has 112 valence electrons. The Hall–Kier alpha value is -2.06. The zero-order valence-corrected chi connectivity index (χ0v) is 11.8. The van der Waals surface area contributed by atoms with E-state index in [2.05, 4.69) is 10.3 Å². The molecule has 0 bridgehead atoms. The van der Waals surface area contributed by atoms with Crippen LogP contribution in [0.4, 0.5) is 0 Å². The van der Waals surface area contributed by atoms with Crippen LogP contribution in [0.2, 0.25) is 0 Å². The van der Waals surface area contributed by atoms with Crippen molar-refractivity contribution >= 4 is 34.7 Å². The first kappa shape index (κ1) is 15.3. The lowest BCUT2D eigenvalue weighted by atomic mass is 10.2. The summed E-state index contributed by atoms with van der Waals surface area (Å²) in [6, 6.07) is 7.29. The maximum atomic E-state index is 11.6. The molecule has 1 atom stereocenters. The van der Waals surface area contributed by atoms with E-state index in [-0.39, 0.29) is 24.6 Å². The van der Waals surface area contributed by atoms with E-state index in [1.165, 1.54) is 0 Å². The maximum Gasteiger partial charge on any atom is 0.332 e. The smallest absolute Gasteiger partial charge is 0.332 e. The molecule has 1 unspecified atom stereocenters. The van der Waals surface area contributed by atoms with Crippen LogP contribution < -0.4 is 5.32 Å². The van der Waals surface area contributed by atoms with E-state index < -0.39 is 12.1 Å². The molecule has 1 heterocycles. The summed E-state index contributed by atoms with van der Waals surface area (Å²) in [5, 5.41) is 20.4. The standard InChI is InChI=1S/C13H14N2O5S/c16-9(12(18)19)5-6-14-11(17)7-21-13-15-8-3-1-2-4-10(8)20-13/h1-4,9,16H,5-7H2,(H,14,17)(H,18,19). The molecule has 1 aromatic carbocycles. The number of carbonyl (C=O) groups excluding carboxylic acids is 1. The molecule has 8 heteroatoms. The van der Waals surface area contributed by atoms with Gasteiger partial charge in [0.25, 0.3) is 5.22 Å². The van der Waals surface area contributed by atoms with Crippen molar-refractivity contribution in [2.45, 2.75) is 17.7 Å². The fourth-order valence-electron chi connectivity index (χ4n) is 1.56. The number of para-hydroxylation sites is 2. The minimum Gasteiger partial charge on any atom is -0.479 e. The Balaban J connectivity index is 1.75. The summed E-state index contributed by atoms with van der Waals surface area (Å²) >= 11 is 1.15. The molecular formula is C13H14N2O5S. The highest BCUT2D eigenvalue weighted by Crippen LogP contribution is 2.22. The number of amides is 1. The first-order valence-corrected chi connectivity index (χ1v) is 7.21. The van der Waals surface area contributed by atoms with E-state index >= 15 is 0 Å². The van der Waals surface area contributed by atoms with E-state index in [1.54, 1.807) is 6.07 Å². The Morgan fingerprint density at radius 1 is 1.38 bits per heavy atom. The first-order valence-electron chi connectivity index (χ1n) is 6.22. The number of fused-ring (bicyclic) bond motifs is 1. The lowest BCUT2D eigenvalue weighted by Crippen LogP contribution is -2.31. The fraction of sp³-hybridized carbons (Fsp3) is 0.308. The number of nitrogens with zero attached hydrogens (tertiary/aromatic N) is 1. The van der Waals surface area contributed by atoms with Gasteiger partial charge in [-0.1, -0.05) is 23.9 Å². The predicted molar refractivity (Wildman–Crippen MR) is 76.0 cm³/mol. The van der Waals surface area contributed by atoms with Gasteiger partial charge in [0.2, 0.25) is 5.91 Å². The molecule has 0 aliphatic heterocycles. The Morgan fingerprint density at radius 2 is 2.14 bits per heavy atom. The van der Waals surface area contributed by atoms with Gasteiger partial charge in [-0.3, -0.25) is 4.79 Å². The van der Waals surface area contributed by atoms with Crippen molar-refractivity contribution in [3.8, 4) is 0 Å². The number of rotatable bonds is 7. The Labute approximate surface area is 124 Å². The third kappa shape index (κ3) is 4.47. The molecule has 0 saturated heterocycles. The highest BCUT2D eigenvalue weighted by molar-refractivity contribution is 7.99. The lowest BCUT2D eigenvalue weighted by molar-refractivity contribution is -0.147. The van der Waals surface area contributed by atoms with Crippen molar-refractivity contribution in [2.24, 2.45) is 0 Å². The van der Waals surface area contributed by atoms with Crippen molar-refractivity contribution in [1.82, 2.24) is 10.3 Å². The molecule has 0 saturated carbocycles. The Kier molecular flexibility index (Phi) is 5.18. The highest BCUT2D eigenvalue weighted by atomic mass is 32.2. The summed E-state index contributed by atoms with van der Waals surface area (Å²) in [5.74, 6) is -1.47. The SMILES string of the molecule is O=C(CSc1nc2ccccc2o1)NCCC(O)C(=O)O. The van der Waals surface area contributed by atoms with Gasteiger partial charge in [-0.05, 0) is 12.1 Å². The number of aliphatic hydroxyl groups excluding tert-OH is 1. The Morgan fingerprint density at radius 3 is 2.86 bits per heavy atom. The molecule has 1 aromatic heterocycles. The van der Waals surface area contributed by atoms with Crippen molar-refractivity contribution in [3.05, 3.63) is 24.3 Å². The van der Waals surface area contributed by atoms with Crippen molar-refractivity contribution in [1.29, 1.82) is 0 Å². The lowest BCUT2D eigenvalue weighted by Gasteiger charge is -2.06. The number of carboxylic acid groups (broad SMARTS) is 1. The average molecular weight is 310 g/mol. The van der Waals surface area contributed by atoms with Crippen LogP contribution in [0.25, 0.3) is 11.1 Å². The first-order chi connectivity index (χ1) is 10.1. The molecule has 2 rings (SSSR count). The summed E-state index contributed by atoms with van der Waals surface area (Å²) in [4.78, 5) is 26.2. The van der Waals surface area contributed by atoms with E-state index in [1.807, 2.05) is 18.2 Å². The van der Waals surface area contributed by atoms with Crippen LogP contribution in [0, 0.1) is 0 Å². The zero-order chi connectivity index (χ0) is 15.2. The molecule has 0 spiro atoms. The fourth-order valence-corrected chi connectivity index (χ4v) is 2.23. The van der Waals surface area contributed by atoms with Gasteiger partial charge in [-0.15, -0.1) is 0 Å². The quantitative estimate of drug-likeness (QED) is 0.650. The average Bonchev–Trinajstić information content (AvgIpc) is 2.87. The van der Waals surface area contributed by atoms with Crippen LogP contribution in [0.1, 0.15) is 6.42 Å². The molecule has 7 nitrogen and oxygen atoms in total. The number of hydrogen-bond donors (Lipinski definition) is 3. The Bertz CT molecular complexity index is 609. The molecule has 0 aliphatic carbocycles. The molecule has 1 amide bonds. The summed E-state index contributed by atoms with van der Waals surface area (Å²) in [6.07, 6.45) is -1.50. The topological polar surface area (TPSA) is 113 Å². The molecule has 3 N–H and O–H groups in total. The monoisotopic (exact) mass is 310 g/mol. The van der Waals surface area contributed by atoms with Crippen LogP contribution in [0.5, 0.6) is 0 Å². The van der Waals surface area contributed by atoms with Crippen molar-refractivity contribution < 1.29 is 24.2 Å². The van der Waals surface area contributed by atoms with Crippen LogP contribution in [-0.4, -0.2) is 45.5 Å². The highest BCUT2D eigenvalue weighted by Gasteiger charge is 2.13. The van der Waals surface area contributed by atoms with Crippen molar-refractivity contribution in [2.75, 3.05) is 12.3 Å². The number of oxazole rings is 1. The summed E-state index contributed by atoms with van der Waals surface area (Å²) in [5.41, 5.74) is 1.38. The van der Waals surface area contributed by atoms with Gasteiger partial charge in [-0.25, -0.2) is 9.78 Å². The van der Waals surface area contributed by atoms with E-state index in [4.69, 9.17) is 14.6 Å². The number of carboxylic acids is 1. The molecule has 21 heavy (non-hydrogen) atoms. The molecule has 0 radical (unpaired) electrons. The van der Waals surface area contributed by atoms with Crippen LogP contribution in [-0.2, 0) is 9.59 Å². The summed E-state index contributed by atoms with van der Waals surface area (Å²) in [7, 11) is 0. The van der Waals surface area contributed by atoms with E-state index in [0.717, 1.165) is 17.3 Å². The number of nitrogens with one attached hydrogen (secondary N) is 1. The molecular weight excluding hydrogens is 296 g/mol. The van der Waals surface area contributed by atoms with Crippen LogP contribution in [0.15, 0.2) is 33.9 Å². The number of benzene rings is 1. The number of hydrogen-bond acceptors (Lipinski definition) is 6. The second kappa shape index (κ2) is 7.09. The van der Waals surface area contributed by atoms with Gasteiger partial charge in [0, 0.05) is 13.0 Å². The number of thioether (sulfide) groups is 1. The summed E-state index contributed by atoms with van der Waals surface area (Å²) in [6.45, 7) is 0.0976. The number of aliphatic carboxylic acids is 1. The molecule has 0 aliphatic rings. The predicted octanol–water partition coefficient (Wildman–Crippen LogP) is 0.872. The maximum absolute atomic E-state index is 11.6. The molecule has 2 aromatic rings. The van der Waals surface area contributed by atoms with Gasteiger partial charge in [0.05, 0.1) is 5.75 Å². The van der Waals surface area contributed by atoms with E-state index in [9.17, 15) is 9.59 Å². The number of aromatic nitrogens is 1. The normalized spacial score (nSPS) is 12.2. The minimum absolute atomic E-state index is 0.0331. The van der Waals surface area contributed by atoms with Gasteiger partial charge in [-0.2, -0.15) is 0 Å². The third-order valence-electron chi connectivity index (χ3n) is 2.63. The second-order valence-electron chi connectivity index (χ2n) is 4.23.